The molecule has 0 spiro atoms. The minimum Gasteiger partial charge on any atom is -0.481 e. The van der Waals surface area contributed by atoms with Gasteiger partial charge in [-0.3, -0.25) is 29.1 Å². The summed E-state index contributed by atoms with van der Waals surface area (Å²) < 4.78 is 8.86. The number of nitrogen functional groups attached to an aromatic ring is 1. The second kappa shape index (κ2) is 15.2. The van der Waals surface area contributed by atoms with Gasteiger partial charge in [-0.15, -0.1) is 11.8 Å². The number of aromatic nitrogens is 3. The number of aliphatic carboxylic acids is 1. The van der Waals surface area contributed by atoms with E-state index in [0.29, 0.717) is 27.0 Å². The Morgan fingerprint density at radius 3 is 2.73 bits per heavy atom. The van der Waals surface area contributed by atoms with Crippen molar-refractivity contribution >= 4 is 87.5 Å². The van der Waals surface area contributed by atoms with Crippen LogP contribution in [0.3, 0.4) is 0 Å². The number of fused-ring (bicyclic) bond motifs is 1. The lowest BCUT2D eigenvalue weighted by Crippen LogP contribution is -2.70. The van der Waals surface area contributed by atoms with Crippen molar-refractivity contribution in [2.24, 2.45) is 10.9 Å². The molecule has 1 saturated heterocycles. The van der Waals surface area contributed by atoms with Gasteiger partial charge in [0.05, 0.1) is 23.1 Å². The minimum absolute atomic E-state index is 0.0392. The SMILES string of the molecule is Nc1nc(/C(=N/O)C(=O)N[C@@H]2C(=O)N3C(OC(=O)O)=C(Sc4cccnc4CSCCNC(=O)[C@@H](N)CC(=O)O)CS[C@@H]23)ns1. The molecule has 9 N–H and O–H groups in total. The number of hydrogen-bond donors (Lipinski definition) is 7. The maximum atomic E-state index is 13.1. The fourth-order valence-corrected chi connectivity index (χ4v) is 7.75. The predicted molar refractivity (Wildman–Crippen MR) is 163 cm³/mol. The van der Waals surface area contributed by atoms with Crippen molar-refractivity contribution in [3.63, 3.8) is 0 Å². The van der Waals surface area contributed by atoms with Crippen LogP contribution in [0.25, 0.3) is 0 Å². The van der Waals surface area contributed by atoms with Crippen LogP contribution in [-0.2, 0) is 29.7 Å². The molecule has 45 heavy (non-hydrogen) atoms. The average Bonchev–Trinajstić information content (AvgIpc) is 3.42. The number of pyridine rings is 1. The van der Waals surface area contributed by atoms with E-state index in [1.165, 1.54) is 35.3 Å². The average molecular weight is 700 g/mol. The van der Waals surface area contributed by atoms with E-state index in [1.54, 1.807) is 18.3 Å². The van der Waals surface area contributed by atoms with Gasteiger partial charge in [0.15, 0.2) is 5.13 Å². The largest absolute Gasteiger partial charge is 0.512 e. The van der Waals surface area contributed by atoms with Crippen molar-refractivity contribution in [2.45, 2.75) is 34.5 Å². The summed E-state index contributed by atoms with van der Waals surface area (Å²) in [6, 6.07) is 1.24. The number of ether oxygens (including phenoxy) is 1. The number of carbonyl (C=O) groups is 5. The molecule has 0 aliphatic carbocycles. The number of nitrogens with two attached hydrogens (primary N) is 2. The summed E-state index contributed by atoms with van der Waals surface area (Å²) in [4.78, 5) is 70.5. The summed E-state index contributed by atoms with van der Waals surface area (Å²) in [5.41, 5.74) is 11.2. The molecule has 3 atom stereocenters. The van der Waals surface area contributed by atoms with E-state index in [1.807, 2.05) is 0 Å². The summed E-state index contributed by atoms with van der Waals surface area (Å²) >= 11 is 4.66. The molecule has 2 aromatic rings. The van der Waals surface area contributed by atoms with Crippen LogP contribution in [0.2, 0.25) is 0 Å². The molecule has 3 amide bonds. The first-order valence-electron chi connectivity index (χ1n) is 12.7. The van der Waals surface area contributed by atoms with Gasteiger partial charge in [-0.25, -0.2) is 4.79 Å². The van der Waals surface area contributed by atoms with E-state index in [9.17, 15) is 34.3 Å². The van der Waals surface area contributed by atoms with E-state index in [-0.39, 0.29) is 29.1 Å². The number of β-lactam (4-membered cyclic amide) rings is 1. The Balaban J connectivity index is 1.40. The van der Waals surface area contributed by atoms with Crippen LogP contribution in [0.15, 0.2) is 39.2 Å². The molecule has 0 bridgehead atoms. The second-order valence-electron chi connectivity index (χ2n) is 8.96. The van der Waals surface area contributed by atoms with Gasteiger partial charge in [0, 0.05) is 46.4 Å². The number of nitrogens with one attached hydrogen (secondary N) is 2. The number of rotatable bonds is 14. The topological polar surface area (TPSA) is 286 Å². The van der Waals surface area contributed by atoms with E-state index >= 15 is 0 Å². The number of thioether (sulfide) groups is 3. The van der Waals surface area contributed by atoms with Crippen LogP contribution in [0.4, 0.5) is 9.93 Å². The smallest absolute Gasteiger partial charge is 0.481 e. The number of anilines is 1. The molecule has 4 rings (SSSR count). The molecule has 4 heterocycles. The minimum atomic E-state index is -1.64. The van der Waals surface area contributed by atoms with Crippen molar-refractivity contribution in [1.29, 1.82) is 0 Å². The van der Waals surface area contributed by atoms with Crippen molar-refractivity contribution < 1.29 is 44.1 Å². The lowest BCUT2D eigenvalue weighted by Gasteiger charge is -2.48. The van der Waals surface area contributed by atoms with Crippen LogP contribution < -0.4 is 22.1 Å². The predicted octanol–water partition coefficient (Wildman–Crippen LogP) is -0.0991. The van der Waals surface area contributed by atoms with Crippen LogP contribution in [0.5, 0.6) is 0 Å². The quantitative estimate of drug-likeness (QED) is 0.0338. The monoisotopic (exact) mass is 699 g/mol. The lowest BCUT2D eigenvalue weighted by atomic mass is 10.1. The molecule has 2 aliphatic heterocycles. The molecule has 0 unspecified atom stereocenters. The highest BCUT2D eigenvalue weighted by atomic mass is 32.2. The first-order valence-corrected chi connectivity index (χ1v) is 16.4. The number of amides is 3. The Kier molecular flexibility index (Phi) is 11.4. The number of carboxylic acid groups (broad SMARTS) is 2. The fraction of sp³-hybridized carbons (Fsp3) is 0.348. The molecule has 0 aromatic carbocycles. The van der Waals surface area contributed by atoms with Gasteiger partial charge in [-0.2, -0.15) is 21.1 Å². The van der Waals surface area contributed by atoms with Gasteiger partial charge in [-0.05, 0) is 12.1 Å². The van der Waals surface area contributed by atoms with Crippen LogP contribution >= 0.6 is 46.8 Å². The van der Waals surface area contributed by atoms with Crippen LogP contribution in [-0.4, -0.2) is 106 Å². The number of hydrogen-bond acceptors (Lipinski definition) is 17. The lowest BCUT2D eigenvalue weighted by molar-refractivity contribution is -0.148. The van der Waals surface area contributed by atoms with Gasteiger partial charge in [-0.1, -0.05) is 16.9 Å². The maximum Gasteiger partial charge on any atom is 0.512 e. The summed E-state index contributed by atoms with van der Waals surface area (Å²) in [7, 11) is 0. The van der Waals surface area contributed by atoms with Gasteiger partial charge >= 0.3 is 12.1 Å². The molecule has 18 nitrogen and oxygen atoms in total. The van der Waals surface area contributed by atoms with Crippen molar-refractivity contribution in [3.8, 4) is 0 Å². The summed E-state index contributed by atoms with van der Waals surface area (Å²) in [5.74, 6) is -2.61. The normalized spacial score (nSPS) is 18.5. The van der Waals surface area contributed by atoms with Crippen molar-refractivity contribution in [3.05, 3.63) is 40.6 Å². The highest BCUT2D eigenvalue weighted by Crippen LogP contribution is 2.46. The summed E-state index contributed by atoms with van der Waals surface area (Å²) in [6.07, 6.45) is -0.523. The highest BCUT2D eigenvalue weighted by Gasteiger charge is 2.54. The standard InChI is InChI=1S/C23H25N9O9S4/c24-9(6-13(33)34)17(35)27-4-5-42-7-10-11(2-1-3-26-10)44-12-8-43-21-15(19(37)32(21)20(12)41-23(38)39)28-18(36)14(30-40)16-29-22(25)45-31-16/h1-3,9,15,21,40H,4-8,24H2,(H,27,35)(H,28,36)(H,33,34)(H,38,39)(H2,25,29,31)/b30-14-/t9-,15+,21-/m0/s1. The Hall–Kier alpha value is -4.12. The zero-order chi connectivity index (χ0) is 32.7. The fourth-order valence-electron chi connectivity index (χ4n) is 3.92. The number of carboxylic acids is 1. The zero-order valence-electron chi connectivity index (χ0n) is 22.8. The number of carbonyl (C=O) groups excluding carboxylic acids is 3. The van der Waals surface area contributed by atoms with E-state index < -0.39 is 59.4 Å². The molecular weight excluding hydrogens is 675 g/mol. The molecular formula is C23H25N9O9S4. The Labute approximate surface area is 270 Å². The molecule has 2 aromatic heterocycles. The van der Waals surface area contributed by atoms with Crippen molar-refractivity contribution in [2.75, 3.05) is 23.8 Å². The Morgan fingerprint density at radius 2 is 2.07 bits per heavy atom. The van der Waals surface area contributed by atoms with Crippen LogP contribution in [0.1, 0.15) is 17.9 Å². The number of nitrogens with zero attached hydrogens (tertiary/aromatic N) is 5. The maximum absolute atomic E-state index is 13.1. The summed E-state index contributed by atoms with van der Waals surface area (Å²) in [6.45, 7) is 0.251. The molecule has 0 saturated carbocycles. The molecule has 2 aliphatic rings. The third kappa shape index (κ3) is 8.33. The Bertz CT molecular complexity index is 1550. The molecule has 1 fully saturated rings. The van der Waals surface area contributed by atoms with Gasteiger partial charge < -0.3 is 42.3 Å². The first-order chi connectivity index (χ1) is 21.5. The van der Waals surface area contributed by atoms with Gasteiger partial charge in [0.2, 0.25) is 23.3 Å². The number of oxime groups is 1. The molecule has 0 radical (unpaired) electrons. The third-order valence-corrected chi connectivity index (χ3v) is 10.1. The third-order valence-electron chi connectivity index (χ3n) is 5.92. The first kappa shape index (κ1) is 33.8. The Morgan fingerprint density at radius 1 is 1.29 bits per heavy atom. The second-order valence-corrected chi connectivity index (χ2v) is 13.1. The zero-order valence-corrected chi connectivity index (χ0v) is 26.1. The van der Waals surface area contributed by atoms with Crippen LogP contribution in [0, 0.1) is 0 Å². The van der Waals surface area contributed by atoms with Crippen molar-refractivity contribution in [1.82, 2.24) is 29.9 Å². The highest BCUT2D eigenvalue weighted by molar-refractivity contribution is 8.06. The van der Waals surface area contributed by atoms with E-state index in [0.717, 1.165) is 16.4 Å². The molecule has 240 valence electrons. The summed E-state index contributed by atoms with van der Waals surface area (Å²) in [5, 5.41) is 34.8. The van der Waals surface area contributed by atoms with E-state index in [4.69, 9.17) is 21.3 Å². The van der Waals surface area contributed by atoms with E-state index in [2.05, 4.69) is 30.1 Å². The van der Waals surface area contributed by atoms with Gasteiger partial charge in [0.25, 0.3) is 11.8 Å². The van der Waals surface area contributed by atoms with Gasteiger partial charge in [0.1, 0.15) is 11.4 Å². The molecule has 22 heteroatoms.